The largest absolute Gasteiger partial charge is 0.508 e. The Morgan fingerprint density at radius 2 is 2.25 bits per heavy atom. The molecule has 2 atom stereocenters. The van der Waals surface area contributed by atoms with Crippen molar-refractivity contribution in [2.45, 2.75) is 32.6 Å². The number of carbonyl (C=O) groups excluding carboxylic acids is 1. The van der Waals surface area contributed by atoms with Crippen LogP contribution >= 0.6 is 0 Å². The maximum atomic E-state index is 12.0. The molecule has 1 N–H and O–H groups in total. The number of hydrogen-bond acceptors (Lipinski definition) is 2. The van der Waals surface area contributed by atoms with Gasteiger partial charge in [-0.05, 0) is 42.9 Å². The molecule has 1 aromatic rings. The molecule has 0 radical (unpaired) electrons. The van der Waals surface area contributed by atoms with Crippen molar-refractivity contribution in [2.75, 3.05) is 0 Å². The molecule has 0 spiro atoms. The van der Waals surface area contributed by atoms with Gasteiger partial charge in [0.15, 0.2) is 0 Å². The quantitative estimate of drug-likeness (QED) is 0.847. The third-order valence-electron chi connectivity index (χ3n) is 3.44. The van der Waals surface area contributed by atoms with Crippen molar-refractivity contribution in [1.29, 1.82) is 0 Å². The molecule has 0 amide bonds. The highest BCUT2D eigenvalue weighted by molar-refractivity contribution is 5.83. The Bertz CT molecular complexity index is 384. The summed E-state index contributed by atoms with van der Waals surface area (Å²) in [7, 11) is 0. The maximum Gasteiger partial charge on any atom is 0.140 e. The highest BCUT2D eigenvalue weighted by Crippen LogP contribution is 2.31. The second-order valence-corrected chi connectivity index (χ2v) is 4.93. The highest BCUT2D eigenvalue weighted by Gasteiger charge is 2.26. The maximum absolute atomic E-state index is 12.0. The van der Waals surface area contributed by atoms with Crippen LogP contribution in [0, 0.1) is 11.8 Å². The van der Waals surface area contributed by atoms with Crippen molar-refractivity contribution in [2.24, 2.45) is 11.8 Å². The number of hydrogen-bond donors (Lipinski definition) is 1. The van der Waals surface area contributed by atoms with Gasteiger partial charge in [0.05, 0.1) is 0 Å². The van der Waals surface area contributed by atoms with Gasteiger partial charge < -0.3 is 5.11 Å². The van der Waals surface area contributed by atoms with Crippen LogP contribution in [0.25, 0.3) is 0 Å². The van der Waals surface area contributed by atoms with Gasteiger partial charge in [0.1, 0.15) is 11.5 Å². The lowest BCUT2D eigenvalue weighted by Crippen LogP contribution is -2.13. The molecule has 2 unspecified atom stereocenters. The summed E-state index contributed by atoms with van der Waals surface area (Å²) in [6.45, 7) is 2.21. The van der Waals surface area contributed by atoms with Crippen molar-refractivity contribution in [3.05, 3.63) is 29.8 Å². The number of Topliss-reactive ketones (excluding diaryl/α,β-unsaturated/α-hetero) is 1. The summed E-state index contributed by atoms with van der Waals surface area (Å²) >= 11 is 0. The van der Waals surface area contributed by atoms with E-state index in [9.17, 15) is 9.90 Å². The summed E-state index contributed by atoms with van der Waals surface area (Å²) in [4.78, 5) is 12.0. The number of benzene rings is 1. The Morgan fingerprint density at radius 3 is 2.88 bits per heavy atom. The van der Waals surface area contributed by atoms with E-state index < -0.39 is 0 Å². The average Bonchev–Trinajstić information content (AvgIpc) is 2.65. The first kappa shape index (κ1) is 11.2. The van der Waals surface area contributed by atoms with Crippen molar-refractivity contribution >= 4 is 5.78 Å². The molecule has 0 aromatic heterocycles. The van der Waals surface area contributed by atoms with Gasteiger partial charge in [-0.1, -0.05) is 19.1 Å². The molecule has 2 rings (SSSR count). The van der Waals surface area contributed by atoms with E-state index in [-0.39, 0.29) is 11.7 Å². The van der Waals surface area contributed by atoms with E-state index in [0.717, 1.165) is 18.4 Å². The van der Waals surface area contributed by atoms with E-state index >= 15 is 0 Å². The third-order valence-corrected chi connectivity index (χ3v) is 3.44. The fourth-order valence-corrected chi connectivity index (χ4v) is 2.51. The molecule has 1 aliphatic rings. The number of phenols is 1. The molecular weight excluding hydrogens is 200 g/mol. The van der Waals surface area contributed by atoms with Crippen LogP contribution in [0.3, 0.4) is 0 Å². The predicted molar refractivity (Wildman–Crippen MR) is 63.3 cm³/mol. The summed E-state index contributed by atoms with van der Waals surface area (Å²) in [6.07, 6.45) is 3.72. The standard InChI is InChI=1S/C14H18O2/c1-10-5-6-12(7-10)14(16)9-11-3-2-4-13(15)8-11/h2-4,8,10,12,15H,5-7,9H2,1H3. The first-order valence-corrected chi connectivity index (χ1v) is 5.96. The summed E-state index contributed by atoms with van der Waals surface area (Å²) in [6, 6.07) is 6.99. The van der Waals surface area contributed by atoms with Gasteiger partial charge in [0.2, 0.25) is 0 Å². The van der Waals surface area contributed by atoms with E-state index in [4.69, 9.17) is 0 Å². The van der Waals surface area contributed by atoms with Gasteiger partial charge in [0.25, 0.3) is 0 Å². The van der Waals surface area contributed by atoms with E-state index in [1.165, 1.54) is 6.42 Å². The molecule has 0 aliphatic heterocycles. The lowest BCUT2D eigenvalue weighted by molar-refractivity contribution is -0.122. The first-order valence-electron chi connectivity index (χ1n) is 5.96. The van der Waals surface area contributed by atoms with Crippen LogP contribution in [0.4, 0.5) is 0 Å². The van der Waals surface area contributed by atoms with Gasteiger partial charge in [-0.15, -0.1) is 0 Å². The summed E-state index contributed by atoms with van der Waals surface area (Å²) in [5.41, 5.74) is 0.921. The van der Waals surface area contributed by atoms with Crippen LogP contribution in [0.1, 0.15) is 31.7 Å². The normalized spacial score (nSPS) is 24.6. The summed E-state index contributed by atoms with van der Waals surface area (Å²) in [5, 5.41) is 9.32. The van der Waals surface area contributed by atoms with Gasteiger partial charge in [-0.3, -0.25) is 4.79 Å². The number of ketones is 1. The second kappa shape index (κ2) is 4.69. The molecule has 0 saturated heterocycles. The Hall–Kier alpha value is -1.31. The van der Waals surface area contributed by atoms with E-state index in [2.05, 4.69) is 6.92 Å². The van der Waals surface area contributed by atoms with Crippen LogP contribution < -0.4 is 0 Å². The zero-order valence-corrected chi connectivity index (χ0v) is 9.65. The minimum absolute atomic E-state index is 0.241. The monoisotopic (exact) mass is 218 g/mol. The van der Waals surface area contributed by atoms with Crippen molar-refractivity contribution in [3.63, 3.8) is 0 Å². The smallest absolute Gasteiger partial charge is 0.140 e. The summed E-state index contributed by atoms with van der Waals surface area (Å²) in [5.74, 6) is 1.51. The molecule has 2 nitrogen and oxygen atoms in total. The molecule has 16 heavy (non-hydrogen) atoms. The van der Waals surface area contributed by atoms with Gasteiger partial charge in [-0.2, -0.15) is 0 Å². The zero-order valence-electron chi connectivity index (χ0n) is 9.65. The highest BCUT2D eigenvalue weighted by atomic mass is 16.3. The number of carbonyl (C=O) groups is 1. The zero-order chi connectivity index (χ0) is 11.5. The molecule has 0 bridgehead atoms. The lowest BCUT2D eigenvalue weighted by Gasteiger charge is -2.08. The molecule has 86 valence electrons. The Morgan fingerprint density at radius 1 is 1.44 bits per heavy atom. The molecule has 1 aliphatic carbocycles. The SMILES string of the molecule is CC1CCC(C(=O)Cc2cccc(O)c2)C1. The van der Waals surface area contributed by atoms with E-state index in [0.29, 0.717) is 18.1 Å². The van der Waals surface area contributed by atoms with Gasteiger partial charge in [0, 0.05) is 12.3 Å². The number of aromatic hydroxyl groups is 1. The van der Waals surface area contributed by atoms with Crippen LogP contribution in [0.2, 0.25) is 0 Å². The van der Waals surface area contributed by atoms with Crippen LogP contribution in [-0.4, -0.2) is 10.9 Å². The van der Waals surface area contributed by atoms with Crippen molar-refractivity contribution < 1.29 is 9.90 Å². The Kier molecular flexibility index (Phi) is 3.28. The average molecular weight is 218 g/mol. The van der Waals surface area contributed by atoms with E-state index in [1.54, 1.807) is 18.2 Å². The molecule has 1 fully saturated rings. The third kappa shape index (κ3) is 2.63. The number of rotatable bonds is 3. The fourth-order valence-electron chi connectivity index (χ4n) is 2.51. The number of phenolic OH excluding ortho intramolecular Hbond substituents is 1. The molecule has 2 heteroatoms. The molecule has 1 saturated carbocycles. The first-order chi connectivity index (χ1) is 7.65. The van der Waals surface area contributed by atoms with Crippen LogP contribution in [-0.2, 0) is 11.2 Å². The molecule has 0 heterocycles. The lowest BCUT2D eigenvalue weighted by atomic mass is 9.96. The van der Waals surface area contributed by atoms with Gasteiger partial charge in [-0.25, -0.2) is 0 Å². The minimum Gasteiger partial charge on any atom is -0.508 e. The van der Waals surface area contributed by atoms with Crippen molar-refractivity contribution in [3.8, 4) is 5.75 Å². The Labute approximate surface area is 96.3 Å². The summed E-state index contributed by atoms with van der Waals surface area (Å²) < 4.78 is 0. The van der Waals surface area contributed by atoms with Gasteiger partial charge >= 0.3 is 0 Å². The topological polar surface area (TPSA) is 37.3 Å². The molecule has 1 aromatic carbocycles. The predicted octanol–water partition coefficient (Wildman–Crippen LogP) is 2.94. The molecular formula is C14H18O2. The van der Waals surface area contributed by atoms with E-state index in [1.807, 2.05) is 6.07 Å². The fraction of sp³-hybridized carbons (Fsp3) is 0.500. The minimum atomic E-state index is 0.241. The van der Waals surface area contributed by atoms with Crippen LogP contribution in [0.15, 0.2) is 24.3 Å². The van der Waals surface area contributed by atoms with Crippen LogP contribution in [0.5, 0.6) is 5.75 Å². The Balaban J connectivity index is 1.97. The van der Waals surface area contributed by atoms with Crippen molar-refractivity contribution in [1.82, 2.24) is 0 Å². The second-order valence-electron chi connectivity index (χ2n) is 4.93.